The minimum atomic E-state index is -0.0250. The number of fused-ring (bicyclic) bond motifs is 1. The van der Waals surface area contributed by atoms with Crippen molar-refractivity contribution in [3.8, 4) is 11.8 Å². The van der Waals surface area contributed by atoms with Crippen LogP contribution in [0.25, 0.3) is 5.57 Å². The third-order valence-electron chi connectivity index (χ3n) is 4.03. The van der Waals surface area contributed by atoms with Crippen LogP contribution in [0.5, 0.6) is 5.75 Å². The Labute approximate surface area is 129 Å². The first kappa shape index (κ1) is 14.1. The molecule has 0 spiro atoms. The monoisotopic (exact) mass is 289 g/mol. The summed E-state index contributed by atoms with van der Waals surface area (Å²) in [5, 5.41) is 19.0. The predicted octanol–water partition coefficient (Wildman–Crippen LogP) is 3.58. The number of Topliss-reactive ketones (excluding diaryl/α,β-unsaturated/α-hetero) is 1. The van der Waals surface area contributed by atoms with Gasteiger partial charge in [-0.2, -0.15) is 5.26 Å². The van der Waals surface area contributed by atoms with Crippen LogP contribution in [0.1, 0.15) is 35.1 Å². The van der Waals surface area contributed by atoms with Crippen molar-refractivity contribution in [2.75, 3.05) is 0 Å². The van der Waals surface area contributed by atoms with Gasteiger partial charge in [-0.1, -0.05) is 30.3 Å². The molecule has 0 radical (unpaired) electrons. The van der Waals surface area contributed by atoms with Crippen LogP contribution < -0.4 is 0 Å². The molecule has 1 aliphatic carbocycles. The van der Waals surface area contributed by atoms with E-state index in [1.54, 1.807) is 31.2 Å². The fourth-order valence-electron chi connectivity index (χ4n) is 2.99. The lowest BCUT2D eigenvalue weighted by molar-refractivity contribution is -0.111. The third kappa shape index (κ3) is 2.40. The molecule has 0 saturated heterocycles. The molecule has 0 saturated carbocycles. The first-order chi connectivity index (χ1) is 10.6. The molecule has 0 aromatic heterocycles. The Hall–Kier alpha value is -2.86. The lowest BCUT2D eigenvalue weighted by Gasteiger charge is -2.12. The molecule has 2 aromatic carbocycles. The molecular weight excluding hydrogens is 274 g/mol. The van der Waals surface area contributed by atoms with Crippen LogP contribution in [0.3, 0.4) is 0 Å². The van der Waals surface area contributed by atoms with E-state index in [-0.39, 0.29) is 17.5 Å². The van der Waals surface area contributed by atoms with Gasteiger partial charge in [0.1, 0.15) is 5.75 Å². The largest absolute Gasteiger partial charge is 0.508 e. The lowest BCUT2D eigenvalue weighted by atomic mass is 9.92. The molecule has 1 N–H and O–H groups in total. The highest BCUT2D eigenvalue weighted by Crippen LogP contribution is 2.42. The van der Waals surface area contributed by atoms with Crippen molar-refractivity contribution < 1.29 is 9.90 Å². The summed E-state index contributed by atoms with van der Waals surface area (Å²) in [7, 11) is 0. The Bertz CT molecular complexity index is 810. The molecule has 0 bridgehead atoms. The molecule has 0 aliphatic heterocycles. The van der Waals surface area contributed by atoms with Crippen molar-refractivity contribution in [2.45, 2.75) is 19.3 Å². The number of aromatic hydroxyl groups is 1. The van der Waals surface area contributed by atoms with Gasteiger partial charge in [-0.25, -0.2) is 0 Å². The van der Waals surface area contributed by atoms with Gasteiger partial charge < -0.3 is 5.11 Å². The number of rotatable bonds is 3. The zero-order valence-corrected chi connectivity index (χ0v) is 12.2. The maximum absolute atomic E-state index is 11.8. The zero-order valence-electron chi connectivity index (χ0n) is 12.2. The van der Waals surface area contributed by atoms with Gasteiger partial charge in [-0.3, -0.25) is 4.79 Å². The summed E-state index contributed by atoms with van der Waals surface area (Å²) in [6.45, 7) is 1.55. The van der Waals surface area contributed by atoms with Gasteiger partial charge in [0.2, 0.25) is 0 Å². The average molecular weight is 289 g/mol. The SMILES string of the molecule is CC(=O)C1=CC(Cc2ccc(C#N)cc2)c2c(O)cccc21. The molecule has 0 heterocycles. The van der Waals surface area contributed by atoms with E-state index < -0.39 is 0 Å². The minimum Gasteiger partial charge on any atom is -0.508 e. The first-order valence-electron chi connectivity index (χ1n) is 7.14. The number of carbonyl (C=O) groups excluding carboxylic acids is 1. The topological polar surface area (TPSA) is 61.1 Å². The second-order valence-corrected chi connectivity index (χ2v) is 5.49. The minimum absolute atomic E-state index is 0.00850. The molecule has 1 atom stereocenters. The van der Waals surface area contributed by atoms with Crippen molar-refractivity contribution in [1.82, 2.24) is 0 Å². The highest BCUT2D eigenvalue weighted by Gasteiger charge is 2.28. The fourth-order valence-corrected chi connectivity index (χ4v) is 2.99. The second kappa shape index (κ2) is 5.50. The number of nitrogens with zero attached hydrogens (tertiary/aromatic N) is 1. The van der Waals surface area contributed by atoms with E-state index in [2.05, 4.69) is 6.07 Å². The van der Waals surface area contributed by atoms with Crippen molar-refractivity contribution in [3.63, 3.8) is 0 Å². The number of phenolic OH excluding ortho intramolecular Hbond substituents is 1. The number of hydrogen-bond acceptors (Lipinski definition) is 3. The molecule has 3 rings (SSSR count). The van der Waals surface area contributed by atoms with Crippen LogP contribution in [0.2, 0.25) is 0 Å². The Morgan fingerprint density at radius 1 is 1.23 bits per heavy atom. The molecule has 0 fully saturated rings. The first-order valence-corrected chi connectivity index (χ1v) is 7.14. The number of benzene rings is 2. The highest BCUT2D eigenvalue weighted by molar-refractivity contribution is 6.21. The van der Waals surface area contributed by atoms with Gasteiger partial charge in [0.15, 0.2) is 5.78 Å². The summed E-state index contributed by atoms with van der Waals surface area (Å²) in [6, 6.07) is 14.8. The van der Waals surface area contributed by atoms with Crippen LogP contribution in [-0.2, 0) is 11.2 Å². The van der Waals surface area contributed by atoms with Crippen LogP contribution in [0.15, 0.2) is 48.5 Å². The molecule has 108 valence electrons. The predicted molar refractivity (Wildman–Crippen MR) is 84.4 cm³/mol. The number of carbonyl (C=O) groups is 1. The van der Waals surface area contributed by atoms with Gasteiger partial charge in [-0.05, 0) is 42.7 Å². The van der Waals surface area contributed by atoms with Crippen molar-refractivity contribution in [3.05, 3.63) is 70.8 Å². The van der Waals surface area contributed by atoms with Crippen LogP contribution >= 0.6 is 0 Å². The lowest BCUT2D eigenvalue weighted by Crippen LogP contribution is -1.99. The van der Waals surface area contributed by atoms with Crippen molar-refractivity contribution in [1.29, 1.82) is 5.26 Å². The van der Waals surface area contributed by atoms with Crippen LogP contribution in [-0.4, -0.2) is 10.9 Å². The highest BCUT2D eigenvalue weighted by atomic mass is 16.3. The maximum atomic E-state index is 11.8. The van der Waals surface area contributed by atoms with E-state index in [0.717, 1.165) is 16.7 Å². The number of phenols is 1. The molecule has 3 heteroatoms. The second-order valence-electron chi connectivity index (χ2n) is 5.49. The Kier molecular flexibility index (Phi) is 3.52. The molecule has 3 nitrogen and oxygen atoms in total. The van der Waals surface area contributed by atoms with Gasteiger partial charge in [0.25, 0.3) is 0 Å². The Balaban J connectivity index is 1.98. The smallest absolute Gasteiger partial charge is 0.160 e. The quantitative estimate of drug-likeness (QED) is 0.939. The standard InChI is InChI=1S/C19H15NO2/c1-12(21)17-10-15(19-16(17)3-2-4-18(19)22)9-13-5-7-14(11-20)8-6-13/h2-8,10,15,22H,9H2,1H3. The van der Waals surface area contributed by atoms with Crippen LogP contribution in [0.4, 0.5) is 0 Å². The molecule has 1 unspecified atom stereocenters. The van der Waals surface area contributed by atoms with Gasteiger partial charge in [0, 0.05) is 17.1 Å². The molecule has 22 heavy (non-hydrogen) atoms. The maximum Gasteiger partial charge on any atom is 0.160 e. The summed E-state index contributed by atoms with van der Waals surface area (Å²) in [4.78, 5) is 11.8. The Morgan fingerprint density at radius 3 is 2.59 bits per heavy atom. The van der Waals surface area contributed by atoms with E-state index in [4.69, 9.17) is 5.26 Å². The normalized spacial score (nSPS) is 15.8. The number of ketones is 1. The van der Waals surface area contributed by atoms with Crippen molar-refractivity contribution in [2.24, 2.45) is 0 Å². The molecule has 1 aliphatic rings. The average Bonchev–Trinajstić information content (AvgIpc) is 2.88. The zero-order chi connectivity index (χ0) is 15.7. The van der Waals surface area contributed by atoms with Crippen LogP contribution in [0, 0.1) is 11.3 Å². The van der Waals surface area contributed by atoms with E-state index >= 15 is 0 Å². The number of nitriles is 1. The molecule has 2 aromatic rings. The molecular formula is C19H15NO2. The number of hydrogen-bond donors (Lipinski definition) is 1. The summed E-state index contributed by atoms with van der Waals surface area (Å²) in [5.41, 5.74) is 4.00. The summed E-state index contributed by atoms with van der Waals surface area (Å²) < 4.78 is 0. The van der Waals surface area contributed by atoms with E-state index in [9.17, 15) is 9.90 Å². The van der Waals surface area contributed by atoms with E-state index in [0.29, 0.717) is 17.6 Å². The summed E-state index contributed by atoms with van der Waals surface area (Å²) in [5.74, 6) is 0.209. The summed E-state index contributed by atoms with van der Waals surface area (Å²) >= 11 is 0. The van der Waals surface area contributed by atoms with E-state index in [1.807, 2.05) is 24.3 Å². The molecule has 0 amide bonds. The third-order valence-corrected chi connectivity index (χ3v) is 4.03. The Morgan fingerprint density at radius 2 is 1.95 bits per heavy atom. The van der Waals surface area contributed by atoms with Gasteiger partial charge in [0.05, 0.1) is 11.6 Å². The number of allylic oxidation sites excluding steroid dienone is 2. The van der Waals surface area contributed by atoms with Gasteiger partial charge in [-0.15, -0.1) is 0 Å². The fraction of sp³-hybridized carbons (Fsp3) is 0.158. The van der Waals surface area contributed by atoms with Gasteiger partial charge >= 0.3 is 0 Å². The van der Waals surface area contributed by atoms with Crippen molar-refractivity contribution >= 4 is 11.4 Å². The van der Waals surface area contributed by atoms with E-state index in [1.165, 1.54) is 0 Å². The summed E-state index contributed by atoms with van der Waals surface area (Å²) in [6.07, 6.45) is 2.62.